The maximum absolute atomic E-state index is 13.1. The zero-order chi connectivity index (χ0) is 19.7. The lowest BCUT2D eigenvalue weighted by atomic mass is 9.99. The number of piperazine rings is 1. The van der Waals surface area contributed by atoms with Crippen LogP contribution >= 0.6 is 0 Å². The summed E-state index contributed by atoms with van der Waals surface area (Å²) >= 11 is 0. The molecule has 2 aliphatic heterocycles. The minimum absolute atomic E-state index is 0.111. The molecule has 0 unspecified atom stereocenters. The van der Waals surface area contributed by atoms with E-state index in [1.807, 2.05) is 29.2 Å². The minimum atomic E-state index is 0.111. The van der Waals surface area contributed by atoms with Gasteiger partial charge in [0.25, 0.3) is 5.91 Å². The molecule has 0 spiro atoms. The summed E-state index contributed by atoms with van der Waals surface area (Å²) in [5, 5.41) is 11.5. The van der Waals surface area contributed by atoms with Crippen molar-refractivity contribution in [1.82, 2.24) is 14.7 Å². The molecule has 0 radical (unpaired) electrons. The molecule has 5 heteroatoms. The molecule has 2 saturated heterocycles. The number of hydrogen-bond acceptors (Lipinski definition) is 4. The van der Waals surface area contributed by atoms with E-state index in [2.05, 4.69) is 23.6 Å². The highest BCUT2D eigenvalue weighted by Crippen LogP contribution is 2.26. The molecule has 28 heavy (non-hydrogen) atoms. The number of amides is 1. The maximum Gasteiger partial charge on any atom is 0.254 e. The average Bonchev–Trinajstić information content (AvgIpc) is 2.73. The van der Waals surface area contributed by atoms with Crippen molar-refractivity contribution in [2.24, 2.45) is 0 Å². The summed E-state index contributed by atoms with van der Waals surface area (Å²) in [5.41, 5.74) is 0.737. The summed E-state index contributed by atoms with van der Waals surface area (Å²) in [6.45, 7) is 10.8. The Labute approximate surface area is 167 Å². The Bertz CT molecular complexity index is 835. The van der Waals surface area contributed by atoms with Crippen LogP contribution in [0.5, 0.6) is 5.75 Å². The van der Waals surface area contributed by atoms with E-state index in [9.17, 15) is 9.90 Å². The van der Waals surface area contributed by atoms with Crippen molar-refractivity contribution in [2.75, 3.05) is 39.3 Å². The Morgan fingerprint density at radius 2 is 1.71 bits per heavy atom. The van der Waals surface area contributed by atoms with Gasteiger partial charge in [0.15, 0.2) is 0 Å². The van der Waals surface area contributed by atoms with Crippen LogP contribution in [0.3, 0.4) is 0 Å². The van der Waals surface area contributed by atoms with Gasteiger partial charge in [-0.15, -0.1) is 0 Å². The fraction of sp³-hybridized carbons (Fsp3) is 0.522. The lowest BCUT2D eigenvalue weighted by Gasteiger charge is -2.43. The predicted octanol–water partition coefficient (Wildman–Crippen LogP) is 3.18. The summed E-state index contributed by atoms with van der Waals surface area (Å²) in [6.07, 6.45) is 2.11. The summed E-state index contributed by atoms with van der Waals surface area (Å²) in [6, 6.07) is 12.2. The molecule has 2 aliphatic rings. The van der Waals surface area contributed by atoms with Gasteiger partial charge in [-0.3, -0.25) is 14.6 Å². The maximum atomic E-state index is 13.1. The Morgan fingerprint density at radius 1 is 1.00 bits per heavy atom. The van der Waals surface area contributed by atoms with E-state index >= 15 is 0 Å². The second-order valence-electron chi connectivity index (χ2n) is 8.40. The van der Waals surface area contributed by atoms with Gasteiger partial charge in [0.1, 0.15) is 5.75 Å². The Morgan fingerprint density at radius 3 is 2.39 bits per heavy atom. The van der Waals surface area contributed by atoms with E-state index in [0.29, 0.717) is 12.1 Å². The SMILES string of the molecule is CC(C)N1CCN(C2CCN(C(=O)c3cccc4cc(O)ccc34)CC2)CC1. The Kier molecular flexibility index (Phi) is 5.56. The van der Waals surface area contributed by atoms with Crippen LogP contribution in [0, 0.1) is 0 Å². The summed E-state index contributed by atoms with van der Waals surface area (Å²) in [7, 11) is 0. The van der Waals surface area contributed by atoms with Gasteiger partial charge in [-0.2, -0.15) is 0 Å². The number of nitrogens with zero attached hydrogens (tertiary/aromatic N) is 3. The van der Waals surface area contributed by atoms with Gasteiger partial charge in [-0.25, -0.2) is 0 Å². The smallest absolute Gasteiger partial charge is 0.254 e. The summed E-state index contributed by atoms with van der Waals surface area (Å²) < 4.78 is 0. The molecule has 2 heterocycles. The number of fused-ring (bicyclic) bond motifs is 1. The van der Waals surface area contributed by atoms with Crippen molar-refractivity contribution in [3.8, 4) is 5.75 Å². The third kappa shape index (κ3) is 3.87. The first-order chi connectivity index (χ1) is 13.5. The molecule has 0 aromatic heterocycles. The van der Waals surface area contributed by atoms with Crippen molar-refractivity contribution < 1.29 is 9.90 Å². The first-order valence-corrected chi connectivity index (χ1v) is 10.5. The van der Waals surface area contributed by atoms with E-state index in [1.54, 1.807) is 12.1 Å². The highest BCUT2D eigenvalue weighted by Gasteiger charge is 2.30. The zero-order valence-corrected chi connectivity index (χ0v) is 17.0. The topological polar surface area (TPSA) is 47.0 Å². The van der Waals surface area contributed by atoms with Gasteiger partial charge in [0, 0.05) is 56.9 Å². The average molecular weight is 382 g/mol. The molecule has 4 rings (SSSR count). The molecule has 0 atom stereocenters. The van der Waals surface area contributed by atoms with Gasteiger partial charge in [-0.05, 0) is 61.7 Å². The molecule has 1 N–H and O–H groups in total. The van der Waals surface area contributed by atoms with Gasteiger partial charge in [-0.1, -0.05) is 12.1 Å². The highest BCUT2D eigenvalue weighted by molar-refractivity contribution is 6.07. The van der Waals surface area contributed by atoms with Gasteiger partial charge < -0.3 is 10.0 Å². The van der Waals surface area contributed by atoms with Gasteiger partial charge >= 0.3 is 0 Å². The van der Waals surface area contributed by atoms with Crippen LogP contribution in [-0.2, 0) is 0 Å². The number of phenols is 1. The monoisotopic (exact) mass is 381 g/mol. The standard InChI is InChI=1S/C23H31N3O2/c1-17(2)24-12-14-25(15-13-24)19-8-10-26(11-9-19)23(28)22-5-3-4-18-16-20(27)6-7-21(18)22/h3-7,16-17,19,27H,8-15H2,1-2H3. The van der Waals surface area contributed by atoms with Crippen LogP contribution in [0.1, 0.15) is 37.0 Å². The van der Waals surface area contributed by atoms with E-state index < -0.39 is 0 Å². The quantitative estimate of drug-likeness (QED) is 0.887. The Balaban J connectivity index is 1.39. The number of rotatable bonds is 3. The summed E-state index contributed by atoms with van der Waals surface area (Å²) in [5.74, 6) is 0.342. The molecule has 0 saturated carbocycles. The largest absolute Gasteiger partial charge is 0.508 e. The third-order valence-electron chi connectivity index (χ3n) is 6.44. The zero-order valence-electron chi connectivity index (χ0n) is 17.0. The van der Waals surface area contributed by atoms with Gasteiger partial charge in [0.05, 0.1) is 0 Å². The van der Waals surface area contributed by atoms with Crippen molar-refractivity contribution in [2.45, 2.75) is 38.8 Å². The second kappa shape index (κ2) is 8.10. The first kappa shape index (κ1) is 19.2. The van der Waals surface area contributed by atoms with Crippen LogP contribution in [0.15, 0.2) is 36.4 Å². The fourth-order valence-electron chi connectivity index (χ4n) is 4.68. The molecule has 2 fully saturated rings. The molecule has 2 aromatic rings. The lowest BCUT2D eigenvalue weighted by Crippen LogP contribution is -2.54. The molecular formula is C23H31N3O2. The molecule has 2 aromatic carbocycles. The normalized spacial score (nSPS) is 20.2. The van der Waals surface area contributed by atoms with Crippen molar-refractivity contribution in [3.63, 3.8) is 0 Å². The molecule has 0 bridgehead atoms. The van der Waals surface area contributed by atoms with E-state index in [-0.39, 0.29) is 11.7 Å². The third-order valence-corrected chi connectivity index (χ3v) is 6.44. The molecular weight excluding hydrogens is 350 g/mol. The number of carbonyl (C=O) groups excluding carboxylic acids is 1. The van der Waals surface area contributed by atoms with Crippen LogP contribution in [-0.4, -0.2) is 77.1 Å². The second-order valence-corrected chi connectivity index (χ2v) is 8.40. The number of hydrogen-bond donors (Lipinski definition) is 1. The lowest BCUT2D eigenvalue weighted by molar-refractivity contribution is 0.0421. The van der Waals surface area contributed by atoms with Crippen LogP contribution in [0.2, 0.25) is 0 Å². The summed E-state index contributed by atoms with van der Waals surface area (Å²) in [4.78, 5) is 20.3. The van der Waals surface area contributed by atoms with Crippen molar-refractivity contribution >= 4 is 16.7 Å². The fourth-order valence-corrected chi connectivity index (χ4v) is 4.68. The molecule has 1 amide bonds. The first-order valence-electron chi connectivity index (χ1n) is 10.5. The number of aromatic hydroxyl groups is 1. The van der Waals surface area contributed by atoms with E-state index in [1.165, 1.54) is 0 Å². The van der Waals surface area contributed by atoms with Crippen LogP contribution in [0.4, 0.5) is 0 Å². The van der Waals surface area contributed by atoms with E-state index in [0.717, 1.165) is 68.4 Å². The number of piperidine rings is 1. The number of likely N-dealkylation sites (tertiary alicyclic amines) is 1. The van der Waals surface area contributed by atoms with Crippen molar-refractivity contribution in [1.29, 1.82) is 0 Å². The highest BCUT2D eigenvalue weighted by atomic mass is 16.3. The molecule has 0 aliphatic carbocycles. The number of phenolic OH excluding ortho intramolecular Hbond substituents is 1. The Hall–Kier alpha value is -2.11. The van der Waals surface area contributed by atoms with E-state index in [4.69, 9.17) is 0 Å². The van der Waals surface area contributed by atoms with Crippen LogP contribution in [0.25, 0.3) is 10.8 Å². The number of benzene rings is 2. The molecule has 5 nitrogen and oxygen atoms in total. The molecule has 150 valence electrons. The minimum Gasteiger partial charge on any atom is -0.508 e. The number of carbonyl (C=O) groups is 1. The van der Waals surface area contributed by atoms with Crippen molar-refractivity contribution in [3.05, 3.63) is 42.0 Å². The van der Waals surface area contributed by atoms with Crippen LogP contribution < -0.4 is 0 Å². The predicted molar refractivity (Wildman–Crippen MR) is 113 cm³/mol. The van der Waals surface area contributed by atoms with Gasteiger partial charge in [0.2, 0.25) is 0 Å².